The van der Waals surface area contributed by atoms with Crippen molar-refractivity contribution in [1.29, 1.82) is 0 Å². The topological polar surface area (TPSA) is 29.9 Å². The minimum Gasteiger partial charge on any atom is -0.325 e. The summed E-state index contributed by atoms with van der Waals surface area (Å²) in [4.78, 5) is 4.87. The molecule has 1 aromatic carbocycles. The number of hydrogen-bond donors (Lipinski definition) is 1. The van der Waals surface area contributed by atoms with E-state index < -0.39 is 0 Å². The van der Waals surface area contributed by atoms with E-state index in [0.717, 1.165) is 18.4 Å². The number of rotatable bonds is 4. The van der Waals surface area contributed by atoms with E-state index in [1.54, 1.807) is 0 Å². The molecule has 0 spiro atoms. The molecule has 2 unspecified atom stereocenters. The van der Waals surface area contributed by atoms with Crippen molar-refractivity contribution in [3.8, 4) is 0 Å². The van der Waals surface area contributed by atoms with Crippen molar-refractivity contribution >= 4 is 11.0 Å². The second-order valence-electron chi connectivity index (χ2n) is 5.94. The smallest absolute Gasteiger partial charge is 0.110 e. The highest BCUT2D eigenvalue weighted by Crippen LogP contribution is 2.33. The van der Waals surface area contributed by atoms with Crippen molar-refractivity contribution in [3.05, 3.63) is 30.1 Å². The fourth-order valence-corrected chi connectivity index (χ4v) is 3.56. The van der Waals surface area contributed by atoms with Gasteiger partial charge in [0.15, 0.2) is 0 Å². The first-order valence-corrected chi connectivity index (χ1v) is 7.96. The lowest BCUT2D eigenvalue weighted by atomic mass is 9.90. The van der Waals surface area contributed by atoms with Gasteiger partial charge in [-0.15, -0.1) is 0 Å². The molecule has 1 aromatic heterocycles. The molecule has 3 heteroatoms. The van der Waals surface area contributed by atoms with Gasteiger partial charge in [0.05, 0.1) is 11.0 Å². The van der Waals surface area contributed by atoms with E-state index >= 15 is 0 Å². The van der Waals surface area contributed by atoms with Crippen molar-refractivity contribution in [2.45, 2.75) is 57.5 Å². The normalized spacial score (nSPS) is 23.3. The first-order chi connectivity index (χ1) is 9.83. The molecule has 0 radical (unpaired) electrons. The highest BCUT2D eigenvalue weighted by molar-refractivity contribution is 5.76. The van der Waals surface area contributed by atoms with Gasteiger partial charge in [0.1, 0.15) is 5.82 Å². The van der Waals surface area contributed by atoms with Crippen molar-refractivity contribution in [2.75, 3.05) is 7.05 Å². The zero-order valence-corrected chi connectivity index (χ0v) is 12.6. The van der Waals surface area contributed by atoms with Crippen LogP contribution in [-0.4, -0.2) is 22.6 Å². The summed E-state index contributed by atoms with van der Waals surface area (Å²) in [6.45, 7) is 2.24. The number of aryl methyl sites for hydroxylation is 1. The maximum Gasteiger partial charge on any atom is 0.110 e. The van der Waals surface area contributed by atoms with Gasteiger partial charge in [-0.05, 0) is 51.3 Å². The molecule has 0 bridgehead atoms. The average molecular weight is 271 g/mol. The Morgan fingerprint density at radius 3 is 2.95 bits per heavy atom. The average Bonchev–Trinajstić information content (AvgIpc) is 2.85. The molecule has 0 aliphatic heterocycles. The molecule has 1 N–H and O–H groups in total. The van der Waals surface area contributed by atoms with Crippen LogP contribution in [0.1, 0.15) is 50.9 Å². The number of hydrogen-bond acceptors (Lipinski definition) is 2. The molecule has 108 valence electrons. The Bertz CT molecular complexity index is 573. The van der Waals surface area contributed by atoms with Crippen molar-refractivity contribution in [1.82, 2.24) is 14.9 Å². The van der Waals surface area contributed by atoms with Gasteiger partial charge in [-0.3, -0.25) is 0 Å². The predicted octanol–water partition coefficient (Wildman–Crippen LogP) is 3.69. The third kappa shape index (κ3) is 2.47. The molecule has 1 aliphatic carbocycles. The summed E-state index contributed by atoms with van der Waals surface area (Å²) in [5.41, 5.74) is 2.47. The van der Waals surface area contributed by atoms with Gasteiger partial charge in [0, 0.05) is 18.5 Å². The molecule has 2 atom stereocenters. The highest BCUT2D eigenvalue weighted by atomic mass is 15.1. The van der Waals surface area contributed by atoms with Gasteiger partial charge < -0.3 is 9.88 Å². The van der Waals surface area contributed by atoms with Crippen LogP contribution in [0.4, 0.5) is 0 Å². The fourth-order valence-electron chi connectivity index (χ4n) is 3.56. The summed E-state index contributed by atoms with van der Waals surface area (Å²) in [6.07, 6.45) is 7.38. The Morgan fingerprint density at radius 2 is 2.15 bits per heavy atom. The first-order valence-electron chi connectivity index (χ1n) is 7.96. The minimum absolute atomic E-state index is 0.607. The molecule has 1 aliphatic rings. The third-order valence-corrected chi connectivity index (χ3v) is 4.56. The number of fused-ring (bicyclic) bond motifs is 1. The zero-order valence-electron chi connectivity index (χ0n) is 12.6. The molecule has 20 heavy (non-hydrogen) atoms. The lowest BCUT2D eigenvalue weighted by molar-refractivity contribution is 0.294. The van der Waals surface area contributed by atoms with Crippen molar-refractivity contribution < 1.29 is 0 Å². The van der Waals surface area contributed by atoms with Crippen LogP contribution >= 0.6 is 0 Å². The van der Waals surface area contributed by atoms with Crippen LogP contribution in [0.15, 0.2) is 24.3 Å². The molecule has 3 rings (SSSR count). The van der Waals surface area contributed by atoms with Crippen LogP contribution in [0, 0.1) is 0 Å². The molecular weight excluding hydrogens is 246 g/mol. The molecule has 1 fully saturated rings. The van der Waals surface area contributed by atoms with Crippen LogP contribution < -0.4 is 5.32 Å². The van der Waals surface area contributed by atoms with Gasteiger partial charge in [-0.1, -0.05) is 19.1 Å². The standard InChI is InChI=1S/C17H25N3/c1-3-7-17-19-15-10-4-5-11-16(15)20(17)14-9-6-8-13(12-14)18-2/h4-5,10-11,13-14,18H,3,6-9,12H2,1-2H3. The molecule has 2 aromatic rings. The van der Waals surface area contributed by atoms with Gasteiger partial charge >= 0.3 is 0 Å². The monoisotopic (exact) mass is 271 g/mol. The second-order valence-corrected chi connectivity index (χ2v) is 5.94. The van der Waals surface area contributed by atoms with Crippen LogP contribution in [0.3, 0.4) is 0 Å². The summed E-state index contributed by atoms with van der Waals surface area (Å²) in [6, 6.07) is 9.86. The first kappa shape index (κ1) is 13.6. The molecule has 0 amide bonds. The summed E-state index contributed by atoms with van der Waals surface area (Å²) in [5.74, 6) is 1.27. The van der Waals surface area contributed by atoms with Gasteiger partial charge in [-0.25, -0.2) is 4.98 Å². The number of aromatic nitrogens is 2. The summed E-state index contributed by atoms with van der Waals surface area (Å²) >= 11 is 0. The van der Waals surface area contributed by atoms with Crippen LogP contribution in [0.2, 0.25) is 0 Å². The summed E-state index contributed by atoms with van der Waals surface area (Å²) in [7, 11) is 2.09. The fraction of sp³-hybridized carbons (Fsp3) is 0.588. The van der Waals surface area contributed by atoms with E-state index in [1.807, 2.05) is 0 Å². The Kier molecular flexibility index (Phi) is 4.06. The lowest BCUT2D eigenvalue weighted by Gasteiger charge is -2.31. The van der Waals surface area contributed by atoms with E-state index in [-0.39, 0.29) is 0 Å². The Balaban J connectivity index is 2.01. The maximum absolute atomic E-state index is 4.87. The van der Waals surface area contributed by atoms with Crippen molar-refractivity contribution in [3.63, 3.8) is 0 Å². The predicted molar refractivity (Wildman–Crippen MR) is 84.1 cm³/mol. The van der Waals surface area contributed by atoms with Gasteiger partial charge in [0.2, 0.25) is 0 Å². The Labute approximate surface area is 121 Å². The van der Waals surface area contributed by atoms with E-state index in [9.17, 15) is 0 Å². The molecule has 1 heterocycles. The number of imidazole rings is 1. The van der Waals surface area contributed by atoms with Crippen LogP contribution in [-0.2, 0) is 6.42 Å². The number of para-hydroxylation sites is 2. The number of nitrogens with zero attached hydrogens (tertiary/aromatic N) is 2. The highest BCUT2D eigenvalue weighted by Gasteiger charge is 2.25. The number of benzene rings is 1. The largest absolute Gasteiger partial charge is 0.325 e. The van der Waals surface area contributed by atoms with E-state index in [0.29, 0.717) is 12.1 Å². The van der Waals surface area contributed by atoms with Crippen LogP contribution in [0.5, 0.6) is 0 Å². The Hall–Kier alpha value is -1.35. The molecular formula is C17H25N3. The molecule has 3 nitrogen and oxygen atoms in total. The number of nitrogens with one attached hydrogen (secondary N) is 1. The quantitative estimate of drug-likeness (QED) is 0.919. The van der Waals surface area contributed by atoms with Crippen molar-refractivity contribution in [2.24, 2.45) is 0 Å². The van der Waals surface area contributed by atoms with Gasteiger partial charge in [-0.2, -0.15) is 0 Å². The van der Waals surface area contributed by atoms with Gasteiger partial charge in [0.25, 0.3) is 0 Å². The SMILES string of the molecule is CCCc1nc2ccccc2n1C1CCCC(NC)C1. The third-order valence-electron chi connectivity index (χ3n) is 4.56. The van der Waals surface area contributed by atoms with Crippen LogP contribution in [0.25, 0.3) is 11.0 Å². The summed E-state index contributed by atoms with van der Waals surface area (Å²) < 4.78 is 2.53. The van der Waals surface area contributed by atoms with E-state index in [1.165, 1.54) is 37.0 Å². The zero-order chi connectivity index (χ0) is 13.9. The molecule has 1 saturated carbocycles. The summed E-state index contributed by atoms with van der Waals surface area (Å²) in [5, 5.41) is 3.46. The Morgan fingerprint density at radius 1 is 1.30 bits per heavy atom. The maximum atomic E-state index is 4.87. The lowest BCUT2D eigenvalue weighted by Crippen LogP contribution is -2.32. The molecule has 0 saturated heterocycles. The second kappa shape index (κ2) is 5.96. The van der Waals surface area contributed by atoms with E-state index in [4.69, 9.17) is 4.98 Å². The minimum atomic E-state index is 0.607. The van der Waals surface area contributed by atoms with E-state index in [2.05, 4.69) is 48.1 Å².